The summed E-state index contributed by atoms with van der Waals surface area (Å²) in [6.45, 7) is 4.02. The molecule has 1 aliphatic rings. The molecule has 1 amide bonds. The van der Waals surface area contributed by atoms with E-state index in [0.717, 1.165) is 89.9 Å². The van der Waals surface area contributed by atoms with Gasteiger partial charge in [0.25, 0.3) is 0 Å². The molecule has 0 spiro atoms. The number of allylic oxidation sites excluding steroid dienone is 11. The Kier molecular flexibility index (Phi) is 46.9. The van der Waals surface area contributed by atoms with Crippen molar-refractivity contribution in [2.75, 3.05) is 19.8 Å². The molecule has 1 heterocycles. The van der Waals surface area contributed by atoms with Gasteiger partial charge >= 0.3 is 5.97 Å². The Morgan fingerprint density at radius 3 is 1.54 bits per heavy atom. The largest absolute Gasteiger partial charge is 0.466 e. The molecule has 11 nitrogen and oxygen atoms in total. The second-order valence-corrected chi connectivity index (χ2v) is 20.0. The molecule has 72 heavy (non-hydrogen) atoms. The molecular formula is C61H107NO10. The summed E-state index contributed by atoms with van der Waals surface area (Å²) >= 11 is 0. The monoisotopic (exact) mass is 1010 g/mol. The number of nitrogens with one attached hydrogen (secondary N) is 1. The molecule has 0 radical (unpaired) electrons. The number of aliphatic hydroxyl groups is 5. The van der Waals surface area contributed by atoms with Crippen LogP contribution in [0, 0.1) is 0 Å². The third-order valence-corrected chi connectivity index (χ3v) is 13.4. The number of rotatable bonds is 49. The normalized spacial score (nSPS) is 19.6. The summed E-state index contributed by atoms with van der Waals surface area (Å²) in [6.07, 6.45) is 56.0. The number of amides is 1. The van der Waals surface area contributed by atoms with E-state index in [4.69, 9.17) is 14.2 Å². The lowest BCUT2D eigenvalue weighted by atomic mass is 9.99. The van der Waals surface area contributed by atoms with Gasteiger partial charge in [-0.2, -0.15) is 0 Å². The molecule has 1 rings (SSSR count). The topological polar surface area (TPSA) is 175 Å². The van der Waals surface area contributed by atoms with Crippen LogP contribution in [0.15, 0.2) is 72.9 Å². The van der Waals surface area contributed by atoms with Crippen molar-refractivity contribution < 1.29 is 49.3 Å². The van der Waals surface area contributed by atoms with Crippen LogP contribution in [0.25, 0.3) is 0 Å². The van der Waals surface area contributed by atoms with Crippen LogP contribution in [0.4, 0.5) is 0 Å². The van der Waals surface area contributed by atoms with Gasteiger partial charge in [0.1, 0.15) is 24.4 Å². The summed E-state index contributed by atoms with van der Waals surface area (Å²) in [4.78, 5) is 25.0. The molecule has 0 bridgehead atoms. The van der Waals surface area contributed by atoms with Gasteiger partial charge in [0, 0.05) is 12.8 Å². The Hall–Kier alpha value is -2.90. The minimum atomic E-state index is -1.58. The van der Waals surface area contributed by atoms with Gasteiger partial charge in [-0.3, -0.25) is 9.59 Å². The van der Waals surface area contributed by atoms with Crippen LogP contribution in [0.3, 0.4) is 0 Å². The van der Waals surface area contributed by atoms with Gasteiger partial charge < -0.3 is 45.1 Å². The quantitative estimate of drug-likeness (QED) is 0.0149. The number of aliphatic hydroxyl groups excluding tert-OH is 5. The van der Waals surface area contributed by atoms with Gasteiger partial charge in [-0.05, 0) is 110 Å². The summed E-state index contributed by atoms with van der Waals surface area (Å²) in [7, 11) is 0. The van der Waals surface area contributed by atoms with E-state index in [2.05, 4.69) is 66.9 Å². The molecule has 1 aliphatic heterocycles. The summed E-state index contributed by atoms with van der Waals surface area (Å²) in [5.74, 6) is -0.249. The molecule has 7 atom stereocenters. The van der Waals surface area contributed by atoms with E-state index < -0.39 is 49.5 Å². The van der Waals surface area contributed by atoms with E-state index in [1.165, 1.54) is 116 Å². The molecule has 0 aliphatic carbocycles. The van der Waals surface area contributed by atoms with E-state index in [1.54, 1.807) is 6.08 Å². The molecule has 11 heteroatoms. The van der Waals surface area contributed by atoms with E-state index in [0.29, 0.717) is 25.9 Å². The molecule has 1 fully saturated rings. The average molecular weight is 1010 g/mol. The summed E-state index contributed by atoms with van der Waals surface area (Å²) < 4.78 is 16.6. The van der Waals surface area contributed by atoms with Crippen molar-refractivity contribution in [2.45, 2.75) is 281 Å². The lowest BCUT2D eigenvalue weighted by Crippen LogP contribution is -2.60. The van der Waals surface area contributed by atoms with Gasteiger partial charge in [0.15, 0.2) is 6.29 Å². The van der Waals surface area contributed by atoms with Gasteiger partial charge in [-0.15, -0.1) is 0 Å². The maximum Gasteiger partial charge on any atom is 0.305 e. The molecule has 0 saturated carbocycles. The van der Waals surface area contributed by atoms with Gasteiger partial charge in [-0.1, -0.05) is 189 Å². The molecule has 7 unspecified atom stereocenters. The molecule has 1 saturated heterocycles. The third-order valence-electron chi connectivity index (χ3n) is 13.4. The fraction of sp³-hybridized carbons (Fsp3) is 0.770. The van der Waals surface area contributed by atoms with E-state index >= 15 is 0 Å². The number of ether oxygens (including phenoxy) is 3. The Morgan fingerprint density at radius 1 is 0.542 bits per heavy atom. The molecule has 0 aromatic heterocycles. The highest BCUT2D eigenvalue weighted by Gasteiger charge is 2.44. The van der Waals surface area contributed by atoms with Crippen LogP contribution in [0.2, 0.25) is 0 Å². The Balaban J connectivity index is 2.06. The SMILES string of the molecule is C/C=C/CC/C=C/CC/C=C/C(O)C(COC1OC(CO)C(O)C(O)C1O)NC(=O)CCCCCCCCCCCC/C=C\C=C/CCCCCOC(=O)CCCCCCC/C=C\CCCCCCCCC. The molecule has 416 valence electrons. The number of carbonyl (C=O) groups excluding carboxylic acids is 2. The van der Waals surface area contributed by atoms with Crippen LogP contribution >= 0.6 is 0 Å². The second kappa shape index (κ2) is 50.3. The van der Waals surface area contributed by atoms with Crippen molar-refractivity contribution in [3.05, 3.63) is 72.9 Å². The highest BCUT2D eigenvalue weighted by Crippen LogP contribution is 2.23. The summed E-state index contributed by atoms with van der Waals surface area (Å²) in [6, 6.07) is -0.843. The van der Waals surface area contributed by atoms with Crippen LogP contribution in [-0.4, -0.2) is 100 Å². The minimum Gasteiger partial charge on any atom is -0.466 e. The second-order valence-electron chi connectivity index (χ2n) is 20.0. The number of carbonyl (C=O) groups is 2. The van der Waals surface area contributed by atoms with Gasteiger partial charge in [0.2, 0.25) is 5.91 Å². The van der Waals surface area contributed by atoms with Crippen molar-refractivity contribution in [3.63, 3.8) is 0 Å². The highest BCUT2D eigenvalue weighted by atomic mass is 16.7. The lowest BCUT2D eigenvalue weighted by Gasteiger charge is -2.40. The first-order valence-corrected chi connectivity index (χ1v) is 29.2. The van der Waals surface area contributed by atoms with Gasteiger partial charge in [0.05, 0.1) is 32.0 Å². The van der Waals surface area contributed by atoms with Gasteiger partial charge in [-0.25, -0.2) is 0 Å². The Bertz CT molecular complexity index is 1430. The lowest BCUT2D eigenvalue weighted by molar-refractivity contribution is -0.302. The van der Waals surface area contributed by atoms with Crippen molar-refractivity contribution in [1.29, 1.82) is 0 Å². The van der Waals surface area contributed by atoms with E-state index in [-0.39, 0.29) is 18.5 Å². The van der Waals surface area contributed by atoms with Crippen molar-refractivity contribution in [2.24, 2.45) is 0 Å². The molecule has 6 N–H and O–H groups in total. The van der Waals surface area contributed by atoms with Crippen LogP contribution < -0.4 is 5.32 Å². The Morgan fingerprint density at radius 2 is 1.00 bits per heavy atom. The number of hydrogen-bond acceptors (Lipinski definition) is 10. The highest BCUT2D eigenvalue weighted by molar-refractivity contribution is 5.76. The number of esters is 1. The maximum absolute atomic E-state index is 13.0. The Labute approximate surface area is 439 Å². The van der Waals surface area contributed by atoms with E-state index in [1.807, 2.05) is 19.1 Å². The molecular weight excluding hydrogens is 907 g/mol. The third kappa shape index (κ3) is 39.5. The zero-order valence-corrected chi connectivity index (χ0v) is 45.6. The van der Waals surface area contributed by atoms with Crippen LogP contribution in [0.1, 0.15) is 239 Å². The van der Waals surface area contributed by atoms with Crippen molar-refractivity contribution >= 4 is 11.9 Å². The summed E-state index contributed by atoms with van der Waals surface area (Å²) in [5.41, 5.74) is 0. The van der Waals surface area contributed by atoms with Crippen LogP contribution in [0.5, 0.6) is 0 Å². The number of unbranched alkanes of at least 4 members (excludes halogenated alkanes) is 27. The zero-order chi connectivity index (χ0) is 52.4. The fourth-order valence-corrected chi connectivity index (χ4v) is 8.69. The first-order valence-electron chi connectivity index (χ1n) is 29.2. The van der Waals surface area contributed by atoms with Crippen molar-refractivity contribution in [1.82, 2.24) is 5.32 Å². The summed E-state index contributed by atoms with van der Waals surface area (Å²) in [5, 5.41) is 54.1. The van der Waals surface area contributed by atoms with E-state index in [9.17, 15) is 35.1 Å². The predicted molar refractivity (Wildman–Crippen MR) is 296 cm³/mol. The first kappa shape index (κ1) is 67.1. The number of hydrogen-bond donors (Lipinski definition) is 6. The average Bonchev–Trinajstić information content (AvgIpc) is 3.38. The maximum atomic E-state index is 13.0. The zero-order valence-electron chi connectivity index (χ0n) is 45.6. The first-order chi connectivity index (χ1) is 35.2. The molecule has 0 aromatic rings. The standard InChI is InChI=1S/C61H107NO10/c1-3-5-7-9-11-13-14-15-16-23-26-29-33-37-41-45-49-57(66)70-50-46-42-38-34-30-27-24-21-19-17-18-20-22-25-28-32-36-40-44-48-56(65)62-53(54(64)47-43-39-35-31-12-10-8-6-4-2)52-71-61-60(69)59(68)58(67)55(51-63)72-61/h4,6,12,16,21,23-24,27,30-31,43,47,53-55,58-61,63-64,67-69H,3,5,7-11,13-15,17-20,22,25-26,28-29,32-42,44-46,48-52H2,1-2H3,(H,62,65)/b6-4+,23-16-,24-21-,30-27-,31-12+,47-43+. The van der Waals surface area contributed by atoms with Crippen LogP contribution in [-0.2, 0) is 23.8 Å². The predicted octanol–water partition coefficient (Wildman–Crippen LogP) is 13.2. The fourth-order valence-electron chi connectivity index (χ4n) is 8.69. The molecule has 0 aromatic carbocycles. The smallest absolute Gasteiger partial charge is 0.305 e. The van der Waals surface area contributed by atoms with Crippen molar-refractivity contribution in [3.8, 4) is 0 Å². The minimum absolute atomic E-state index is 0.0379.